The third-order valence-electron chi connectivity index (χ3n) is 11.6. The SMILES string of the molecule is [C-]#[N+]c1cccc(-n2c3ccc(-c4ccc5c(c4)c4cc6c(cc4n5-c4ccc(C#N)c(C#N)c4)oc4ccccc46)cc3c3cc4c(cc32)oc2ccccc24)c1. The Balaban J connectivity index is 1.13. The predicted octanol–water partition coefficient (Wildman–Crippen LogP) is 13.6. The molecule has 58 heavy (non-hydrogen) atoms. The number of fused-ring (bicyclic) bond motifs is 12. The van der Waals surface area contributed by atoms with Crippen molar-refractivity contribution in [3.63, 3.8) is 0 Å². The van der Waals surface area contributed by atoms with E-state index in [1.165, 1.54) is 0 Å². The molecule has 8 aromatic carbocycles. The molecular weight excluding hydrogens is 715 g/mol. The minimum Gasteiger partial charge on any atom is -0.456 e. The molecule has 266 valence electrons. The second-order valence-electron chi connectivity index (χ2n) is 14.6. The van der Waals surface area contributed by atoms with Crippen molar-refractivity contribution in [2.75, 3.05) is 0 Å². The second kappa shape index (κ2) is 11.7. The van der Waals surface area contributed by atoms with Crippen LogP contribution in [0.25, 0.3) is 115 Å². The molecule has 0 saturated carbocycles. The van der Waals surface area contributed by atoms with Crippen molar-refractivity contribution in [1.29, 1.82) is 10.5 Å². The number of nitrogens with zero attached hydrogens (tertiary/aromatic N) is 5. The first-order valence-corrected chi connectivity index (χ1v) is 18.8. The van der Waals surface area contributed by atoms with E-state index in [0.29, 0.717) is 16.8 Å². The molecule has 0 radical (unpaired) electrons. The molecule has 0 atom stereocenters. The Bertz CT molecular complexity index is 3910. The zero-order valence-electron chi connectivity index (χ0n) is 30.5. The molecule has 7 heteroatoms. The first kappa shape index (κ1) is 31.7. The Labute approximate surface area is 329 Å². The van der Waals surface area contributed by atoms with E-state index in [1.807, 2.05) is 66.7 Å². The normalized spacial score (nSPS) is 11.7. The van der Waals surface area contributed by atoms with Crippen LogP contribution in [0.2, 0.25) is 0 Å². The van der Waals surface area contributed by atoms with Gasteiger partial charge in [-0.2, -0.15) is 10.5 Å². The van der Waals surface area contributed by atoms with E-state index in [0.717, 1.165) is 110 Å². The molecule has 0 bridgehead atoms. The van der Waals surface area contributed by atoms with Crippen molar-refractivity contribution in [3.8, 4) is 34.6 Å². The van der Waals surface area contributed by atoms with Crippen LogP contribution < -0.4 is 0 Å². The maximum atomic E-state index is 9.96. The van der Waals surface area contributed by atoms with Gasteiger partial charge in [-0.15, -0.1) is 0 Å². The lowest BCUT2D eigenvalue weighted by Crippen LogP contribution is -1.96. The van der Waals surface area contributed by atoms with Crippen LogP contribution >= 0.6 is 0 Å². The van der Waals surface area contributed by atoms with Gasteiger partial charge in [0.15, 0.2) is 5.69 Å². The van der Waals surface area contributed by atoms with E-state index >= 15 is 0 Å². The fourth-order valence-corrected chi connectivity index (χ4v) is 8.95. The summed E-state index contributed by atoms with van der Waals surface area (Å²) < 4.78 is 17.1. The number of rotatable bonds is 3. The van der Waals surface area contributed by atoms with Gasteiger partial charge in [0.2, 0.25) is 0 Å². The monoisotopic (exact) mass is 739 g/mol. The standard InChI is InChI=1S/C51H25N5O2/c1-54-33-7-6-8-34(22-33)55-44-17-14-29(20-38(44)40-23-42-36-9-2-4-11-48(36)57-50(42)25-46(40)55)30-15-18-45-39(21-30)41-24-43-37-10-3-5-12-49(37)58-51(43)26-47(41)56(45)35-16-13-31(27-52)32(19-35)28-53/h2-26H. The number of aromatic nitrogens is 2. The Kier molecular flexibility index (Phi) is 6.41. The smallest absolute Gasteiger partial charge is 0.189 e. The van der Waals surface area contributed by atoms with Gasteiger partial charge in [0.1, 0.15) is 34.5 Å². The van der Waals surface area contributed by atoms with Crippen LogP contribution in [0.3, 0.4) is 0 Å². The summed E-state index contributed by atoms with van der Waals surface area (Å²) in [6.07, 6.45) is 0. The van der Waals surface area contributed by atoms with Crippen molar-refractivity contribution in [1.82, 2.24) is 9.13 Å². The first-order chi connectivity index (χ1) is 28.6. The first-order valence-electron chi connectivity index (χ1n) is 18.8. The molecule has 0 aliphatic carbocycles. The summed E-state index contributed by atoms with van der Waals surface area (Å²) in [4.78, 5) is 3.73. The van der Waals surface area contributed by atoms with Gasteiger partial charge in [-0.1, -0.05) is 60.7 Å². The minimum atomic E-state index is 0.324. The zero-order valence-corrected chi connectivity index (χ0v) is 30.5. The molecule has 0 aliphatic heterocycles. The molecule has 0 fully saturated rings. The number of nitriles is 2. The largest absolute Gasteiger partial charge is 0.456 e. The molecule has 7 nitrogen and oxygen atoms in total. The number of hydrogen-bond acceptors (Lipinski definition) is 4. The lowest BCUT2D eigenvalue weighted by Gasteiger charge is -2.10. The van der Waals surface area contributed by atoms with Gasteiger partial charge in [0.05, 0.1) is 39.8 Å². The molecule has 4 aromatic heterocycles. The molecule has 0 amide bonds. The van der Waals surface area contributed by atoms with Crippen molar-refractivity contribution < 1.29 is 8.83 Å². The topological polar surface area (TPSA) is 88.1 Å². The minimum absolute atomic E-state index is 0.324. The number of furan rings is 2. The molecule has 0 N–H and O–H groups in total. The van der Waals surface area contributed by atoms with E-state index in [1.54, 1.807) is 12.1 Å². The van der Waals surface area contributed by atoms with Crippen molar-refractivity contribution in [2.45, 2.75) is 0 Å². The van der Waals surface area contributed by atoms with Gasteiger partial charge in [-0.3, -0.25) is 0 Å². The van der Waals surface area contributed by atoms with Crippen LogP contribution in [0.15, 0.2) is 160 Å². The number of hydrogen-bond donors (Lipinski definition) is 0. The third-order valence-corrected chi connectivity index (χ3v) is 11.6. The highest BCUT2D eigenvalue weighted by atomic mass is 16.3. The summed E-state index contributed by atoms with van der Waals surface area (Å²) in [7, 11) is 0. The predicted molar refractivity (Wildman–Crippen MR) is 231 cm³/mol. The van der Waals surface area contributed by atoms with Crippen molar-refractivity contribution >= 4 is 93.2 Å². The van der Waals surface area contributed by atoms with Crippen LogP contribution in [-0.2, 0) is 0 Å². The van der Waals surface area contributed by atoms with Crippen LogP contribution in [-0.4, -0.2) is 9.13 Å². The molecule has 0 saturated heterocycles. The van der Waals surface area contributed by atoms with Crippen molar-refractivity contribution in [2.24, 2.45) is 0 Å². The lowest BCUT2D eigenvalue weighted by molar-refractivity contribution is 0.669. The van der Waals surface area contributed by atoms with Gasteiger partial charge in [-0.05, 0) is 90.0 Å². The zero-order chi connectivity index (χ0) is 38.6. The summed E-state index contributed by atoms with van der Waals surface area (Å²) in [5.41, 5.74) is 12.2. The quantitative estimate of drug-likeness (QED) is 0.169. The van der Waals surface area contributed by atoms with Gasteiger partial charge >= 0.3 is 0 Å². The summed E-state index contributed by atoms with van der Waals surface area (Å²) in [6.45, 7) is 7.71. The average molecular weight is 740 g/mol. The van der Waals surface area contributed by atoms with E-state index in [4.69, 9.17) is 15.4 Å². The van der Waals surface area contributed by atoms with E-state index in [2.05, 4.69) is 98.9 Å². The molecule has 12 aromatic rings. The fraction of sp³-hybridized carbons (Fsp3) is 0. The molecule has 0 unspecified atom stereocenters. The highest BCUT2D eigenvalue weighted by Gasteiger charge is 2.20. The summed E-state index contributed by atoms with van der Waals surface area (Å²) in [5.74, 6) is 0. The van der Waals surface area contributed by atoms with Gasteiger partial charge in [0.25, 0.3) is 0 Å². The fourth-order valence-electron chi connectivity index (χ4n) is 8.95. The number of para-hydroxylation sites is 2. The third kappa shape index (κ3) is 4.40. The molecule has 0 aliphatic rings. The van der Waals surface area contributed by atoms with Crippen molar-refractivity contribution in [3.05, 3.63) is 174 Å². The Morgan fingerprint density at radius 2 is 0.948 bits per heavy atom. The summed E-state index contributed by atoms with van der Waals surface area (Å²) in [5, 5.41) is 28.1. The number of benzene rings is 8. The van der Waals surface area contributed by atoms with Crippen LogP contribution in [0.5, 0.6) is 0 Å². The van der Waals surface area contributed by atoms with Gasteiger partial charge < -0.3 is 18.0 Å². The maximum Gasteiger partial charge on any atom is 0.189 e. The van der Waals surface area contributed by atoms with E-state index in [9.17, 15) is 10.5 Å². The maximum absolute atomic E-state index is 9.96. The molecule has 12 rings (SSSR count). The van der Waals surface area contributed by atoms with Crippen LogP contribution in [0.1, 0.15) is 11.1 Å². The Morgan fingerprint density at radius 3 is 1.50 bits per heavy atom. The molecule has 4 heterocycles. The van der Waals surface area contributed by atoms with Crippen LogP contribution in [0.4, 0.5) is 5.69 Å². The van der Waals surface area contributed by atoms with E-state index < -0.39 is 0 Å². The summed E-state index contributed by atoms with van der Waals surface area (Å²) >= 11 is 0. The molecular formula is C51H25N5O2. The molecule has 0 spiro atoms. The Morgan fingerprint density at radius 1 is 0.414 bits per heavy atom. The highest BCUT2D eigenvalue weighted by Crippen LogP contribution is 2.43. The average Bonchev–Trinajstić information content (AvgIpc) is 4.01. The van der Waals surface area contributed by atoms with E-state index in [-0.39, 0.29) is 0 Å². The Hall–Kier alpha value is -8.57. The van der Waals surface area contributed by atoms with Crippen LogP contribution in [0, 0.1) is 29.2 Å². The lowest BCUT2D eigenvalue weighted by atomic mass is 10.00. The highest BCUT2D eigenvalue weighted by molar-refractivity contribution is 6.20. The summed E-state index contributed by atoms with van der Waals surface area (Å²) in [6, 6.07) is 55.5. The second-order valence-corrected chi connectivity index (χ2v) is 14.6. The van der Waals surface area contributed by atoms with Gasteiger partial charge in [0, 0.05) is 66.6 Å². The van der Waals surface area contributed by atoms with Gasteiger partial charge in [-0.25, -0.2) is 4.85 Å².